The van der Waals surface area contributed by atoms with Gasteiger partial charge in [-0.2, -0.15) is 0 Å². The van der Waals surface area contributed by atoms with Crippen molar-refractivity contribution in [2.45, 2.75) is 38.6 Å². The number of nitrogens with two attached hydrogens (primary N) is 1. The predicted octanol–water partition coefficient (Wildman–Crippen LogP) is 3.50. The lowest BCUT2D eigenvalue weighted by molar-refractivity contribution is 0.415. The SMILES string of the molecule is CCC(C)(N)c1nc2c(s1)CCc1ccc(OC)cc1-2. The number of aryl methyl sites for hydroxylation is 2. The highest BCUT2D eigenvalue weighted by atomic mass is 32.1. The van der Waals surface area contributed by atoms with E-state index in [2.05, 4.69) is 26.0 Å². The molecule has 2 N–H and O–H groups in total. The molecule has 2 aromatic rings. The lowest BCUT2D eigenvalue weighted by atomic mass is 9.93. The molecule has 0 amide bonds. The topological polar surface area (TPSA) is 48.1 Å². The van der Waals surface area contributed by atoms with E-state index in [1.165, 1.54) is 16.0 Å². The van der Waals surface area contributed by atoms with Crippen LogP contribution in [0.25, 0.3) is 11.3 Å². The minimum absolute atomic E-state index is 0.332. The zero-order chi connectivity index (χ0) is 14.3. The number of methoxy groups -OCH3 is 1. The summed E-state index contributed by atoms with van der Waals surface area (Å²) >= 11 is 1.77. The van der Waals surface area contributed by atoms with Crippen molar-refractivity contribution in [2.75, 3.05) is 7.11 Å². The van der Waals surface area contributed by atoms with E-state index in [9.17, 15) is 0 Å². The molecule has 3 rings (SSSR count). The van der Waals surface area contributed by atoms with Crippen molar-refractivity contribution in [1.82, 2.24) is 4.98 Å². The molecule has 4 heteroatoms. The Labute approximate surface area is 123 Å². The van der Waals surface area contributed by atoms with Crippen molar-refractivity contribution >= 4 is 11.3 Å². The first-order chi connectivity index (χ1) is 9.55. The molecule has 3 nitrogen and oxygen atoms in total. The Morgan fingerprint density at radius 2 is 2.20 bits per heavy atom. The number of fused-ring (bicyclic) bond motifs is 3. The van der Waals surface area contributed by atoms with E-state index in [4.69, 9.17) is 15.5 Å². The Morgan fingerprint density at radius 3 is 2.90 bits per heavy atom. The van der Waals surface area contributed by atoms with Crippen molar-refractivity contribution in [1.29, 1.82) is 0 Å². The lowest BCUT2D eigenvalue weighted by Gasteiger charge is -2.19. The Bertz CT molecular complexity index is 646. The van der Waals surface area contributed by atoms with Gasteiger partial charge in [0, 0.05) is 10.4 Å². The van der Waals surface area contributed by atoms with E-state index in [-0.39, 0.29) is 5.54 Å². The molecule has 0 bridgehead atoms. The average Bonchev–Trinajstić information content (AvgIpc) is 2.92. The third-order valence-electron chi connectivity index (χ3n) is 4.11. The van der Waals surface area contributed by atoms with Gasteiger partial charge in [-0.05, 0) is 43.9 Å². The summed E-state index contributed by atoms with van der Waals surface area (Å²) < 4.78 is 5.34. The Balaban J connectivity index is 2.12. The van der Waals surface area contributed by atoms with E-state index >= 15 is 0 Å². The fraction of sp³-hybridized carbons (Fsp3) is 0.438. The van der Waals surface area contributed by atoms with Gasteiger partial charge in [0.25, 0.3) is 0 Å². The molecule has 0 spiro atoms. The van der Waals surface area contributed by atoms with Gasteiger partial charge in [-0.25, -0.2) is 4.98 Å². The summed E-state index contributed by atoms with van der Waals surface area (Å²) in [6.07, 6.45) is 3.03. The summed E-state index contributed by atoms with van der Waals surface area (Å²) in [6.45, 7) is 4.17. The summed E-state index contributed by atoms with van der Waals surface area (Å²) in [5.74, 6) is 0.886. The Hall–Kier alpha value is -1.39. The van der Waals surface area contributed by atoms with Gasteiger partial charge in [0.1, 0.15) is 10.8 Å². The number of hydrogen-bond donors (Lipinski definition) is 1. The highest BCUT2D eigenvalue weighted by molar-refractivity contribution is 7.12. The Morgan fingerprint density at radius 1 is 1.40 bits per heavy atom. The van der Waals surface area contributed by atoms with Gasteiger partial charge < -0.3 is 10.5 Å². The van der Waals surface area contributed by atoms with Gasteiger partial charge >= 0.3 is 0 Å². The second kappa shape index (κ2) is 4.86. The van der Waals surface area contributed by atoms with Crippen molar-refractivity contribution in [3.8, 4) is 17.0 Å². The third-order valence-corrected chi connectivity index (χ3v) is 5.51. The van der Waals surface area contributed by atoms with Crippen molar-refractivity contribution < 1.29 is 4.74 Å². The van der Waals surface area contributed by atoms with Crippen LogP contribution in [0.5, 0.6) is 5.75 Å². The molecular formula is C16H20N2OS. The zero-order valence-corrected chi connectivity index (χ0v) is 13.0. The number of nitrogens with zero attached hydrogens (tertiary/aromatic N) is 1. The van der Waals surface area contributed by atoms with E-state index < -0.39 is 0 Å². The normalized spacial score (nSPS) is 16.2. The molecule has 0 saturated carbocycles. The van der Waals surface area contributed by atoms with Crippen molar-refractivity contribution in [3.05, 3.63) is 33.6 Å². The minimum Gasteiger partial charge on any atom is -0.497 e. The highest BCUT2D eigenvalue weighted by Gasteiger charge is 2.28. The van der Waals surface area contributed by atoms with Crippen LogP contribution in [0, 0.1) is 0 Å². The highest BCUT2D eigenvalue weighted by Crippen LogP contribution is 2.40. The van der Waals surface area contributed by atoms with Crippen LogP contribution < -0.4 is 10.5 Å². The standard InChI is InChI=1S/C16H20N2OS/c1-4-16(2,17)15-18-14-12-9-11(19-3)7-5-10(12)6-8-13(14)20-15/h5,7,9H,4,6,8,17H2,1-3H3. The molecule has 1 unspecified atom stereocenters. The number of rotatable bonds is 3. The average molecular weight is 288 g/mol. The number of benzene rings is 1. The quantitative estimate of drug-likeness (QED) is 0.940. The first-order valence-corrected chi connectivity index (χ1v) is 7.83. The summed E-state index contributed by atoms with van der Waals surface area (Å²) in [5.41, 5.74) is 9.68. The predicted molar refractivity (Wildman–Crippen MR) is 83.3 cm³/mol. The van der Waals surface area contributed by atoms with Crippen LogP contribution in [0.15, 0.2) is 18.2 Å². The van der Waals surface area contributed by atoms with Gasteiger partial charge in [0.15, 0.2) is 0 Å². The molecule has 106 valence electrons. The number of aromatic nitrogens is 1. The van der Waals surface area contributed by atoms with Gasteiger partial charge in [-0.3, -0.25) is 0 Å². The molecular weight excluding hydrogens is 268 g/mol. The van der Waals surface area contributed by atoms with Crippen LogP contribution in [-0.2, 0) is 18.4 Å². The van der Waals surface area contributed by atoms with E-state index in [1.54, 1.807) is 18.4 Å². The lowest BCUT2D eigenvalue weighted by Crippen LogP contribution is -2.31. The number of hydrogen-bond acceptors (Lipinski definition) is 4. The van der Waals surface area contributed by atoms with Gasteiger partial charge in [0.05, 0.1) is 18.3 Å². The van der Waals surface area contributed by atoms with Crippen LogP contribution >= 0.6 is 11.3 Å². The monoisotopic (exact) mass is 288 g/mol. The molecule has 0 fully saturated rings. The first-order valence-electron chi connectivity index (χ1n) is 7.01. The summed E-state index contributed by atoms with van der Waals surface area (Å²) in [4.78, 5) is 6.20. The molecule has 1 heterocycles. The molecule has 1 aliphatic carbocycles. The molecule has 20 heavy (non-hydrogen) atoms. The number of thiazole rings is 1. The van der Waals surface area contributed by atoms with Crippen LogP contribution in [-0.4, -0.2) is 12.1 Å². The van der Waals surface area contributed by atoms with Gasteiger partial charge in [-0.1, -0.05) is 13.0 Å². The third kappa shape index (κ3) is 2.13. The largest absolute Gasteiger partial charge is 0.497 e. The fourth-order valence-corrected chi connectivity index (χ4v) is 3.70. The van der Waals surface area contributed by atoms with Crippen LogP contribution in [0.3, 0.4) is 0 Å². The van der Waals surface area contributed by atoms with Crippen LogP contribution in [0.1, 0.15) is 35.7 Å². The van der Waals surface area contributed by atoms with Crippen molar-refractivity contribution in [3.63, 3.8) is 0 Å². The molecule has 1 aromatic carbocycles. The first kappa shape index (κ1) is 13.6. The summed E-state index contributed by atoms with van der Waals surface area (Å²) in [5, 5.41) is 1.04. The maximum Gasteiger partial charge on any atom is 0.119 e. The van der Waals surface area contributed by atoms with E-state index in [0.29, 0.717) is 0 Å². The summed E-state index contributed by atoms with van der Waals surface area (Å²) in [6, 6.07) is 6.27. The van der Waals surface area contributed by atoms with Crippen LogP contribution in [0.4, 0.5) is 0 Å². The molecule has 0 radical (unpaired) electrons. The molecule has 0 saturated heterocycles. The van der Waals surface area contributed by atoms with E-state index in [0.717, 1.165) is 35.7 Å². The maximum absolute atomic E-state index is 6.35. The molecule has 1 aliphatic rings. The second-order valence-electron chi connectivity index (χ2n) is 5.58. The smallest absolute Gasteiger partial charge is 0.119 e. The Kier molecular flexibility index (Phi) is 3.30. The van der Waals surface area contributed by atoms with Crippen molar-refractivity contribution in [2.24, 2.45) is 5.73 Å². The zero-order valence-electron chi connectivity index (χ0n) is 12.2. The van der Waals surface area contributed by atoms with Gasteiger partial charge in [0.2, 0.25) is 0 Å². The number of ether oxygens (including phenoxy) is 1. The van der Waals surface area contributed by atoms with E-state index in [1.807, 2.05) is 6.07 Å². The molecule has 1 aromatic heterocycles. The second-order valence-corrected chi connectivity index (χ2v) is 6.67. The molecule has 1 atom stereocenters. The van der Waals surface area contributed by atoms with Gasteiger partial charge in [-0.15, -0.1) is 11.3 Å². The minimum atomic E-state index is -0.332. The summed E-state index contributed by atoms with van der Waals surface area (Å²) in [7, 11) is 1.70. The fourth-order valence-electron chi connectivity index (χ4n) is 2.50. The molecule has 0 aliphatic heterocycles. The van der Waals surface area contributed by atoms with Crippen LogP contribution in [0.2, 0.25) is 0 Å². The maximum atomic E-state index is 6.35.